The summed E-state index contributed by atoms with van der Waals surface area (Å²) in [4.78, 5) is 28.4. The van der Waals surface area contributed by atoms with E-state index in [9.17, 15) is 14.0 Å². The highest BCUT2D eigenvalue weighted by Gasteiger charge is 2.35. The smallest absolute Gasteiger partial charge is 0.280 e. The number of benzene rings is 2. The number of carbonyl (C=O) groups excluding carboxylic acids is 2. The Kier molecular flexibility index (Phi) is 6.36. The first-order valence-electron chi connectivity index (χ1n) is 10.3. The topological polar surface area (TPSA) is 75.2 Å². The first-order valence-corrected chi connectivity index (χ1v) is 11.1. The Morgan fingerprint density at radius 1 is 1.16 bits per heavy atom. The van der Waals surface area contributed by atoms with Gasteiger partial charge in [0.25, 0.3) is 5.91 Å². The highest BCUT2D eigenvalue weighted by atomic mass is 32.1. The lowest BCUT2D eigenvalue weighted by atomic mass is 10.00. The maximum absolute atomic E-state index is 14.1. The van der Waals surface area contributed by atoms with Crippen molar-refractivity contribution in [2.24, 2.45) is 0 Å². The van der Waals surface area contributed by atoms with E-state index in [-0.39, 0.29) is 23.3 Å². The molecule has 0 unspecified atom stereocenters. The molecule has 160 valence electrons. The van der Waals surface area contributed by atoms with Gasteiger partial charge in [-0.15, -0.1) is 5.10 Å². The molecule has 0 spiro atoms. The van der Waals surface area contributed by atoms with Gasteiger partial charge in [0.05, 0.1) is 0 Å². The van der Waals surface area contributed by atoms with Crippen molar-refractivity contribution in [3.8, 4) is 0 Å². The summed E-state index contributed by atoms with van der Waals surface area (Å²) in [6.07, 6.45) is 3.96. The zero-order chi connectivity index (χ0) is 21.8. The molecular formula is C23H23FN4O2S. The third-order valence-electron chi connectivity index (χ3n) is 5.45. The van der Waals surface area contributed by atoms with Gasteiger partial charge in [0.2, 0.25) is 5.91 Å². The van der Waals surface area contributed by atoms with Gasteiger partial charge < -0.3 is 5.32 Å². The minimum atomic E-state index is -0.975. The van der Waals surface area contributed by atoms with Crippen LogP contribution in [0.15, 0.2) is 53.9 Å². The number of carbonyl (C=O) groups is 2. The number of aromatic nitrogens is 2. The van der Waals surface area contributed by atoms with E-state index in [1.165, 1.54) is 28.5 Å². The summed E-state index contributed by atoms with van der Waals surface area (Å²) < 4.78 is 17.9. The predicted molar refractivity (Wildman–Crippen MR) is 117 cm³/mol. The van der Waals surface area contributed by atoms with Gasteiger partial charge in [0.15, 0.2) is 5.69 Å². The van der Waals surface area contributed by atoms with Gasteiger partial charge in [0, 0.05) is 17.1 Å². The molecule has 3 aromatic rings. The molecule has 1 atom stereocenters. The number of amides is 2. The van der Waals surface area contributed by atoms with Gasteiger partial charge in [-0.2, -0.15) is 0 Å². The molecule has 4 rings (SSSR count). The molecule has 0 saturated heterocycles. The average molecular weight is 439 g/mol. The van der Waals surface area contributed by atoms with Crippen molar-refractivity contribution in [1.82, 2.24) is 14.9 Å². The van der Waals surface area contributed by atoms with Crippen LogP contribution in [-0.2, 0) is 4.79 Å². The van der Waals surface area contributed by atoms with Gasteiger partial charge in [-0.1, -0.05) is 53.2 Å². The van der Waals surface area contributed by atoms with E-state index in [1.807, 2.05) is 31.2 Å². The Balaban J connectivity index is 1.82. The van der Waals surface area contributed by atoms with Crippen LogP contribution >= 0.6 is 11.5 Å². The molecule has 1 fully saturated rings. The highest BCUT2D eigenvalue weighted by Crippen LogP contribution is 2.31. The summed E-state index contributed by atoms with van der Waals surface area (Å²) in [5, 5.41) is 8.52. The summed E-state index contributed by atoms with van der Waals surface area (Å²) in [6, 6.07) is 12.2. The Morgan fingerprint density at radius 3 is 2.61 bits per heavy atom. The summed E-state index contributed by atoms with van der Waals surface area (Å²) in [5.74, 6) is -1.29. The summed E-state index contributed by atoms with van der Waals surface area (Å²) in [5.41, 5.74) is 2.00. The molecule has 31 heavy (non-hydrogen) atoms. The van der Waals surface area contributed by atoms with Crippen LogP contribution in [0, 0.1) is 12.7 Å². The third-order valence-corrected chi connectivity index (χ3v) is 5.95. The largest absolute Gasteiger partial charge is 0.351 e. The fourth-order valence-electron chi connectivity index (χ4n) is 4.00. The van der Waals surface area contributed by atoms with Gasteiger partial charge in [0.1, 0.15) is 11.9 Å². The predicted octanol–water partition coefficient (Wildman–Crippen LogP) is 4.43. The number of rotatable bonds is 6. The number of halogens is 1. The average Bonchev–Trinajstić information content (AvgIpc) is 3.45. The minimum Gasteiger partial charge on any atom is -0.351 e. The van der Waals surface area contributed by atoms with E-state index < -0.39 is 17.8 Å². The molecule has 0 radical (unpaired) electrons. The van der Waals surface area contributed by atoms with E-state index in [1.54, 1.807) is 6.07 Å². The molecule has 1 aliphatic carbocycles. The zero-order valence-electron chi connectivity index (χ0n) is 17.1. The molecule has 0 aliphatic heterocycles. The van der Waals surface area contributed by atoms with E-state index in [0.717, 1.165) is 42.8 Å². The molecule has 1 heterocycles. The SMILES string of the molecule is Cc1cccc([C@H](C(=O)NC2CCCC2)N(C(=O)c2csnn2)c2cccc(F)c2)c1. The third kappa shape index (κ3) is 4.80. The van der Waals surface area contributed by atoms with Crippen LogP contribution in [0.1, 0.15) is 53.3 Å². The lowest BCUT2D eigenvalue weighted by Gasteiger charge is -2.32. The van der Waals surface area contributed by atoms with Crippen molar-refractivity contribution < 1.29 is 14.0 Å². The fraction of sp³-hybridized carbons (Fsp3) is 0.304. The Bertz CT molecular complexity index is 1070. The van der Waals surface area contributed by atoms with Crippen molar-refractivity contribution in [3.63, 3.8) is 0 Å². The lowest BCUT2D eigenvalue weighted by Crippen LogP contribution is -2.46. The summed E-state index contributed by atoms with van der Waals surface area (Å²) in [6.45, 7) is 1.92. The molecule has 1 aliphatic rings. The highest BCUT2D eigenvalue weighted by molar-refractivity contribution is 7.03. The van der Waals surface area contributed by atoms with Crippen molar-refractivity contribution in [3.05, 3.63) is 76.5 Å². The Hall–Kier alpha value is -3.13. The van der Waals surface area contributed by atoms with E-state index in [4.69, 9.17) is 0 Å². The van der Waals surface area contributed by atoms with Crippen LogP contribution in [-0.4, -0.2) is 27.4 Å². The Labute approximate surface area is 184 Å². The molecule has 2 aromatic carbocycles. The van der Waals surface area contributed by atoms with Crippen LogP contribution in [0.25, 0.3) is 0 Å². The van der Waals surface area contributed by atoms with Crippen LogP contribution in [0.2, 0.25) is 0 Å². The van der Waals surface area contributed by atoms with Crippen LogP contribution < -0.4 is 10.2 Å². The van der Waals surface area contributed by atoms with Gasteiger partial charge in [-0.3, -0.25) is 14.5 Å². The standard InChI is InChI=1S/C23H23FN4O2S/c1-15-6-4-7-16(12-15)21(22(29)25-18-9-2-3-10-18)28(19-11-5-8-17(24)13-19)23(30)20-14-31-27-26-20/h4-8,11-14,18,21H,2-3,9-10H2,1H3,(H,25,29)/t21-/m1/s1. The van der Waals surface area contributed by atoms with Crippen LogP contribution in [0.4, 0.5) is 10.1 Å². The van der Waals surface area contributed by atoms with E-state index in [2.05, 4.69) is 14.9 Å². The van der Waals surface area contributed by atoms with Gasteiger partial charge in [-0.25, -0.2) is 4.39 Å². The number of hydrogen-bond acceptors (Lipinski definition) is 5. The normalized spacial score (nSPS) is 14.9. The van der Waals surface area contributed by atoms with Crippen molar-refractivity contribution in [1.29, 1.82) is 0 Å². The van der Waals surface area contributed by atoms with Crippen molar-refractivity contribution >= 4 is 29.0 Å². The second-order valence-corrected chi connectivity index (χ2v) is 8.36. The van der Waals surface area contributed by atoms with Gasteiger partial charge in [-0.05, 0) is 55.1 Å². The van der Waals surface area contributed by atoms with Crippen molar-refractivity contribution in [2.45, 2.75) is 44.7 Å². The number of hydrogen-bond donors (Lipinski definition) is 1. The molecule has 1 N–H and O–H groups in total. The molecule has 6 nitrogen and oxygen atoms in total. The second-order valence-electron chi connectivity index (χ2n) is 7.75. The first kappa shape index (κ1) is 21.1. The zero-order valence-corrected chi connectivity index (χ0v) is 17.9. The minimum absolute atomic E-state index is 0.0743. The number of anilines is 1. The number of nitrogens with one attached hydrogen (secondary N) is 1. The second kappa shape index (κ2) is 9.34. The van der Waals surface area contributed by atoms with E-state index >= 15 is 0 Å². The summed E-state index contributed by atoms with van der Waals surface area (Å²) in [7, 11) is 0. The molecular weight excluding hydrogens is 415 g/mol. The quantitative estimate of drug-likeness (QED) is 0.618. The number of aryl methyl sites for hydroxylation is 1. The number of nitrogens with zero attached hydrogens (tertiary/aromatic N) is 3. The monoisotopic (exact) mass is 438 g/mol. The lowest BCUT2D eigenvalue weighted by molar-refractivity contribution is -0.123. The van der Waals surface area contributed by atoms with Crippen LogP contribution in [0.3, 0.4) is 0 Å². The molecule has 8 heteroatoms. The van der Waals surface area contributed by atoms with Crippen molar-refractivity contribution in [2.75, 3.05) is 4.90 Å². The molecule has 1 aromatic heterocycles. The van der Waals surface area contributed by atoms with E-state index in [0.29, 0.717) is 5.56 Å². The summed E-state index contributed by atoms with van der Waals surface area (Å²) >= 11 is 1.04. The molecule has 1 saturated carbocycles. The molecule has 2 amide bonds. The maximum Gasteiger partial charge on any atom is 0.280 e. The maximum atomic E-state index is 14.1. The fourth-order valence-corrected chi connectivity index (χ4v) is 4.43. The molecule has 0 bridgehead atoms. The Morgan fingerprint density at radius 2 is 1.94 bits per heavy atom. The van der Waals surface area contributed by atoms with Gasteiger partial charge >= 0.3 is 0 Å². The first-order chi connectivity index (χ1) is 15.0. The van der Waals surface area contributed by atoms with Crippen LogP contribution in [0.5, 0.6) is 0 Å².